The molecule has 0 radical (unpaired) electrons. The van der Waals surface area contributed by atoms with Crippen LogP contribution in [-0.4, -0.2) is 46.2 Å². The molecule has 1 aliphatic rings. The molecule has 0 saturated carbocycles. The Morgan fingerprint density at radius 2 is 2.21 bits per heavy atom. The first-order chi connectivity index (χ1) is 11.5. The Balaban J connectivity index is 1.78. The maximum atomic E-state index is 12.7. The third-order valence-corrected chi connectivity index (χ3v) is 5.48. The SMILES string of the molecule is CC[C@@H]1CN(C(=O)Cn2c(C)cc(-c3csc(C)n3)c2C)CCO1. The molecule has 5 nitrogen and oxygen atoms in total. The standard InChI is InChI=1S/C18H25N3O2S/c1-5-15-9-20(6-7-23-15)18(22)10-21-12(2)8-16(13(21)3)17-11-24-14(4)19-17/h8,11,15H,5-7,9-10H2,1-4H3/t15-/m1/s1. The van der Waals surface area contributed by atoms with Crippen molar-refractivity contribution in [3.63, 3.8) is 0 Å². The molecule has 2 aromatic heterocycles. The molecular formula is C18H25N3O2S. The van der Waals surface area contributed by atoms with E-state index in [1.54, 1.807) is 11.3 Å². The number of carbonyl (C=O) groups is 1. The average Bonchev–Trinajstić information content (AvgIpc) is 3.13. The second kappa shape index (κ2) is 7.07. The highest BCUT2D eigenvalue weighted by Gasteiger charge is 2.24. The van der Waals surface area contributed by atoms with Crippen LogP contribution in [0.25, 0.3) is 11.3 Å². The van der Waals surface area contributed by atoms with Crippen LogP contribution >= 0.6 is 11.3 Å². The maximum absolute atomic E-state index is 12.7. The van der Waals surface area contributed by atoms with Gasteiger partial charge in [-0.15, -0.1) is 11.3 Å². The number of morpholine rings is 1. The summed E-state index contributed by atoms with van der Waals surface area (Å²) >= 11 is 1.65. The van der Waals surface area contributed by atoms with Crippen LogP contribution in [0.4, 0.5) is 0 Å². The van der Waals surface area contributed by atoms with Crippen LogP contribution in [0.5, 0.6) is 0 Å². The minimum atomic E-state index is 0.166. The second-order valence-corrected chi connectivity index (χ2v) is 7.43. The molecule has 1 amide bonds. The van der Waals surface area contributed by atoms with Gasteiger partial charge in [0.15, 0.2) is 0 Å². The van der Waals surface area contributed by atoms with Crippen LogP contribution in [0, 0.1) is 20.8 Å². The summed E-state index contributed by atoms with van der Waals surface area (Å²) in [5.74, 6) is 0.166. The van der Waals surface area contributed by atoms with Crippen molar-refractivity contribution in [2.75, 3.05) is 19.7 Å². The number of aryl methyl sites for hydroxylation is 2. The van der Waals surface area contributed by atoms with Crippen molar-refractivity contribution in [1.29, 1.82) is 0 Å². The Morgan fingerprint density at radius 3 is 2.88 bits per heavy atom. The van der Waals surface area contributed by atoms with E-state index in [0.29, 0.717) is 26.2 Å². The number of carbonyl (C=O) groups excluding carboxylic acids is 1. The smallest absolute Gasteiger partial charge is 0.242 e. The third-order valence-electron chi connectivity index (χ3n) is 4.71. The summed E-state index contributed by atoms with van der Waals surface area (Å²) in [6, 6.07) is 2.13. The van der Waals surface area contributed by atoms with E-state index in [1.165, 1.54) is 0 Å². The predicted octanol–water partition coefficient (Wildman–Crippen LogP) is 3.17. The summed E-state index contributed by atoms with van der Waals surface area (Å²) in [6.45, 7) is 10.6. The first kappa shape index (κ1) is 17.2. The van der Waals surface area contributed by atoms with E-state index in [9.17, 15) is 4.79 Å². The van der Waals surface area contributed by atoms with Crippen molar-refractivity contribution in [3.05, 3.63) is 27.8 Å². The van der Waals surface area contributed by atoms with Gasteiger partial charge in [-0.2, -0.15) is 0 Å². The van der Waals surface area contributed by atoms with E-state index in [0.717, 1.165) is 34.1 Å². The molecule has 0 unspecified atom stereocenters. The summed E-state index contributed by atoms with van der Waals surface area (Å²) in [6.07, 6.45) is 1.11. The minimum Gasteiger partial charge on any atom is -0.375 e. The molecule has 1 fully saturated rings. The van der Waals surface area contributed by atoms with Gasteiger partial charge in [0.25, 0.3) is 0 Å². The number of amides is 1. The number of nitrogens with zero attached hydrogens (tertiary/aromatic N) is 3. The van der Waals surface area contributed by atoms with Gasteiger partial charge in [0, 0.05) is 35.4 Å². The molecule has 0 bridgehead atoms. The maximum Gasteiger partial charge on any atom is 0.242 e. The molecule has 6 heteroatoms. The van der Waals surface area contributed by atoms with Crippen LogP contribution in [0.3, 0.4) is 0 Å². The van der Waals surface area contributed by atoms with Crippen molar-refractivity contribution in [2.45, 2.75) is 46.8 Å². The zero-order valence-corrected chi connectivity index (χ0v) is 15.7. The molecule has 0 aliphatic carbocycles. The van der Waals surface area contributed by atoms with Crippen LogP contribution in [0.15, 0.2) is 11.4 Å². The van der Waals surface area contributed by atoms with Gasteiger partial charge in [0.05, 0.1) is 23.4 Å². The highest BCUT2D eigenvalue weighted by Crippen LogP contribution is 2.28. The van der Waals surface area contributed by atoms with Gasteiger partial charge in [0.2, 0.25) is 5.91 Å². The molecule has 0 aromatic carbocycles. The Kier molecular flexibility index (Phi) is 5.06. The molecule has 1 aliphatic heterocycles. The fourth-order valence-electron chi connectivity index (χ4n) is 3.22. The molecule has 3 heterocycles. The molecule has 24 heavy (non-hydrogen) atoms. The number of rotatable bonds is 4. The lowest BCUT2D eigenvalue weighted by Crippen LogP contribution is -2.46. The first-order valence-corrected chi connectivity index (χ1v) is 9.36. The molecule has 1 saturated heterocycles. The summed E-state index contributed by atoms with van der Waals surface area (Å²) in [5.41, 5.74) is 4.33. The molecule has 1 atom stereocenters. The number of aromatic nitrogens is 2. The van der Waals surface area contributed by atoms with Crippen LogP contribution in [0.2, 0.25) is 0 Å². The number of ether oxygens (including phenoxy) is 1. The topological polar surface area (TPSA) is 47.4 Å². The predicted molar refractivity (Wildman–Crippen MR) is 96.4 cm³/mol. The minimum absolute atomic E-state index is 0.166. The number of hydrogen-bond acceptors (Lipinski definition) is 4. The van der Waals surface area contributed by atoms with Crippen LogP contribution in [0.1, 0.15) is 29.7 Å². The largest absolute Gasteiger partial charge is 0.375 e. The molecule has 2 aromatic rings. The average molecular weight is 347 g/mol. The number of hydrogen-bond donors (Lipinski definition) is 0. The van der Waals surface area contributed by atoms with Crippen LogP contribution in [-0.2, 0) is 16.1 Å². The molecule has 0 N–H and O–H groups in total. The van der Waals surface area contributed by atoms with E-state index < -0.39 is 0 Å². The van der Waals surface area contributed by atoms with Crippen molar-refractivity contribution < 1.29 is 9.53 Å². The second-order valence-electron chi connectivity index (χ2n) is 6.36. The molecular weight excluding hydrogens is 322 g/mol. The Morgan fingerprint density at radius 1 is 1.42 bits per heavy atom. The molecule has 130 valence electrons. The van der Waals surface area contributed by atoms with E-state index in [1.807, 2.05) is 11.8 Å². The molecule has 3 rings (SSSR count). The fourth-order valence-corrected chi connectivity index (χ4v) is 3.83. The van der Waals surface area contributed by atoms with Gasteiger partial charge in [-0.25, -0.2) is 4.98 Å². The van der Waals surface area contributed by atoms with E-state index in [2.05, 4.69) is 41.8 Å². The zero-order valence-electron chi connectivity index (χ0n) is 14.8. The molecule has 0 spiro atoms. The van der Waals surface area contributed by atoms with Gasteiger partial charge in [-0.1, -0.05) is 6.92 Å². The zero-order chi connectivity index (χ0) is 17.3. The Bertz CT molecular complexity index is 735. The monoisotopic (exact) mass is 347 g/mol. The van der Waals surface area contributed by atoms with E-state index in [-0.39, 0.29) is 12.0 Å². The lowest BCUT2D eigenvalue weighted by molar-refractivity contribution is -0.139. The third kappa shape index (κ3) is 3.39. The Hall–Kier alpha value is -1.66. The quantitative estimate of drug-likeness (QED) is 0.853. The van der Waals surface area contributed by atoms with Gasteiger partial charge >= 0.3 is 0 Å². The number of thiazole rings is 1. The highest BCUT2D eigenvalue weighted by molar-refractivity contribution is 7.09. The lowest BCUT2D eigenvalue weighted by atomic mass is 10.2. The lowest BCUT2D eigenvalue weighted by Gasteiger charge is -2.32. The van der Waals surface area contributed by atoms with Gasteiger partial charge < -0.3 is 14.2 Å². The van der Waals surface area contributed by atoms with Gasteiger partial charge in [-0.05, 0) is 33.3 Å². The van der Waals surface area contributed by atoms with Gasteiger partial charge in [0.1, 0.15) is 6.54 Å². The highest BCUT2D eigenvalue weighted by atomic mass is 32.1. The van der Waals surface area contributed by atoms with Crippen molar-refractivity contribution in [2.24, 2.45) is 0 Å². The summed E-state index contributed by atoms with van der Waals surface area (Å²) in [4.78, 5) is 19.2. The van der Waals surface area contributed by atoms with E-state index >= 15 is 0 Å². The summed E-state index contributed by atoms with van der Waals surface area (Å²) < 4.78 is 7.76. The Labute approximate surface area is 147 Å². The normalized spacial score (nSPS) is 18.2. The first-order valence-electron chi connectivity index (χ1n) is 8.48. The summed E-state index contributed by atoms with van der Waals surface area (Å²) in [7, 11) is 0. The van der Waals surface area contributed by atoms with Crippen molar-refractivity contribution >= 4 is 17.2 Å². The van der Waals surface area contributed by atoms with E-state index in [4.69, 9.17) is 4.74 Å². The van der Waals surface area contributed by atoms with Gasteiger partial charge in [-0.3, -0.25) is 4.79 Å². The van der Waals surface area contributed by atoms with Crippen LogP contribution < -0.4 is 0 Å². The van der Waals surface area contributed by atoms with Crippen molar-refractivity contribution in [1.82, 2.24) is 14.5 Å². The summed E-state index contributed by atoms with van der Waals surface area (Å²) in [5, 5.41) is 3.14. The fraction of sp³-hybridized carbons (Fsp3) is 0.556. The van der Waals surface area contributed by atoms with Crippen molar-refractivity contribution in [3.8, 4) is 11.3 Å².